The minimum Gasteiger partial charge on any atom is -0.493 e. The maximum atomic E-state index is 12.3. The molecule has 0 saturated carbocycles. The first-order valence-corrected chi connectivity index (χ1v) is 6.23. The summed E-state index contributed by atoms with van der Waals surface area (Å²) in [6.07, 6.45) is 4.39. The Morgan fingerprint density at radius 2 is 2.42 bits per heavy atom. The lowest BCUT2D eigenvalue weighted by molar-refractivity contribution is 0.0785. The van der Waals surface area contributed by atoms with Gasteiger partial charge in [-0.25, -0.2) is 0 Å². The molecular weight excluding hydrogens is 242 g/mol. The number of aromatic nitrogens is 2. The Morgan fingerprint density at radius 3 is 3.21 bits per heavy atom. The monoisotopic (exact) mass is 257 g/mol. The summed E-state index contributed by atoms with van der Waals surface area (Å²) >= 11 is 0. The molecule has 5 nitrogen and oxygen atoms in total. The summed E-state index contributed by atoms with van der Waals surface area (Å²) in [6, 6.07) is 5.62. The number of ether oxygens (including phenoxy) is 1. The second-order valence-corrected chi connectivity index (χ2v) is 4.69. The van der Waals surface area contributed by atoms with Crippen LogP contribution in [0.2, 0.25) is 0 Å². The first-order valence-electron chi connectivity index (χ1n) is 6.23. The molecule has 1 aromatic carbocycles. The zero-order valence-corrected chi connectivity index (χ0v) is 10.7. The number of hydrogen-bond acceptors (Lipinski definition) is 3. The first kappa shape index (κ1) is 11.8. The van der Waals surface area contributed by atoms with Crippen LogP contribution >= 0.6 is 0 Å². The van der Waals surface area contributed by atoms with Crippen LogP contribution in [0.5, 0.6) is 5.75 Å². The SMILES string of the molecule is CN(Cc1cn[nH]c1)C(=O)c1ccc2c(c1)CCO2. The maximum absolute atomic E-state index is 12.3. The van der Waals surface area contributed by atoms with Crippen LogP contribution in [-0.2, 0) is 13.0 Å². The number of carbonyl (C=O) groups excluding carboxylic acids is 1. The molecule has 0 spiro atoms. The Kier molecular flexibility index (Phi) is 2.95. The number of aromatic amines is 1. The van der Waals surface area contributed by atoms with Crippen molar-refractivity contribution in [2.24, 2.45) is 0 Å². The van der Waals surface area contributed by atoms with E-state index in [0.29, 0.717) is 18.7 Å². The second-order valence-electron chi connectivity index (χ2n) is 4.69. The van der Waals surface area contributed by atoms with Gasteiger partial charge in [-0.15, -0.1) is 0 Å². The van der Waals surface area contributed by atoms with E-state index >= 15 is 0 Å². The summed E-state index contributed by atoms with van der Waals surface area (Å²) in [5, 5.41) is 6.62. The van der Waals surface area contributed by atoms with E-state index < -0.39 is 0 Å². The zero-order chi connectivity index (χ0) is 13.2. The third-order valence-electron chi connectivity index (χ3n) is 3.26. The van der Waals surface area contributed by atoms with Gasteiger partial charge in [0.2, 0.25) is 0 Å². The largest absolute Gasteiger partial charge is 0.493 e. The smallest absolute Gasteiger partial charge is 0.253 e. The number of H-pyrrole nitrogens is 1. The molecule has 0 unspecified atom stereocenters. The Morgan fingerprint density at radius 1 is 1.53 bits per heavy atom. The molecule has 0 radical (unpaired) electrons. The first-order chi connectivity index (χ1) is 9.24. The van der Waals surface area contributed by atoms with Gasteiger partial charge in [0.1, 0.15) is 5.75 Å². The van der Waals surface area contributed by atoms with Crippen molar-refractivity contribution in [3.8, 4) is 5.75 Å². The molecule has 2 heterocycles. The summed E-state index contributed by atoms with van der Waals surface area (Å²) in [5.41, 5.74) is 2.80. The molecule has 0 fully saturated rings. The van der Waals surface area contributed by atoms with Crippen molar-refractivity contribution in [3.63, 3.8) is 0 Å². The fraction of sp³-hybridized carbons (Fsp3) is 0.286. The van der Waals surface area contributed by atoms with Crippen LogP contribution in [-0.4, -0.2) is 34.7 Å². The van der Waals surface area contributed by atoms with E-state index in [1.165, 1.54) is 0 Å². The van der Waals surface area contributed by atoms with Crippen molar-refractivity contribution < 1.29 is 9.53 Å². The van der Waals surface area contributed by atoms with Crippen molar-refractivity contribution in [1.82, 2.24) is 15.1 Å². The van der Waals surface area contributed by atoms with Gasteiger partial charge in [0.25, 0.3) is 5.91 Å². The van der Waals surface area contributed by atoms with Gasteiger partial charge in [-0.1, -0.05) is 0 Å². The van der Waals surface area contributed by atoms with E-state index in [0.717, 1.165) is 23.3 Å². The van der Waals surface area contributed by atoms with Crippen molar-refractivity contribution in [2.75, 3.05) is 13.7 Å². The minimum absolute atomic E-state index is 0.0101. The number of carbonyl (C=O) groups is 1. The van der Waals surface area contributed by atoms with Crippen LogP contribution in [0, 0.1) is 0 Å². The van der Waals surface area contributed by atoms with Crippen LogP contribution in [0.25, 0.3) is 0 Å². The number of nitrogens with one attached hydrogen (secondary N) is 1. The van der Waals surface area contributed by atoms with E-state index in [-0.39, 0.29) is 5.91 Å². The lowest BCUT2D eigenvalue weighted by atomic mass is 10.1. The molecule has 19 heavy (non-hydrogen) atoms. The minimum atomic E-state index is 0.0101. The van der Waals surface area contributed by atoms with Crippen molar-refractivity contribution in [3.05, 3.63) is 47.3 Å². The molecule has 1 N–H and O–H groups in total. The van der Waals surface area contributed by atoms with Gasteiger partial charge in [0, 0.05) is 37.3 Å². The number of amides is 1. The Labute approximate surface area is 111 Å². The quantitative estimate of drug-likeness (QED) is 0.909. The molecule has 2 aromatic rings. The van der Waals surface area contributed by atoms with Crippen molar-refractivity contribution in [2.45, 2.75) is 13.0 Å². The van der Waals surface area contributed by atoms with Crippen LogP contribution in [0.15, 0.2) is 30.6 Å². The number of nitrogens with zero attached hydrogens (tertiary/aromatic N) is 2. The highest BCUT2D eigenvalue weighted by molar-refractivity contribution is 5.94. The van der Waals surface area contributed by atoms with E-state index in [1.807, 2.05) is 18.2 Å². The van der Waals surface area contributed by atoms with Crippen LogP contribution in [0.1, 0.15) is 21.5 Å². The molecule has 1 amide bonds. The van der Waals surface area contributed by atoms with Crippen LogP contribution < -0.4 is 4.74 Å². The third-order valence-corrected chi connectivity index (χ3v) is 3.26. The Balaban J connectivity index is 1.76. The Bertz CT molecular complexity index is 593. The highest BCUT2D eigenvalue weighted by Crippen LogP contribution is 2.26. The molecule has 98 valence electrons. The van der Waals surface area contributed by atoms with Crippen LogP contribution in [0.3, 0.4) is 0 Å². The highest BCUT2D eigenvalue weighted by atomic mass is 16.5. The summed E-state index contributed by atoms with van der Waals surface area (Å²) < 4.78 is 5.44. The van der Waals surface area contributed by atoms with Crippen molar-refractivity contribution >= 4 is 5.91 Å². The summed E-state index contributed by atoms with van der Waals surface area (Å²) in [7, 11) is 1.79. The average Bonchev–Trinajstić information content (AvgIpc) is 3.07. The van der Waals surface area contributed by atoms with Gasteiger partial charge in [0.05, 0.1) is 12.8 Å². The number of rotatable bonds is 3. The zero-order valence-electron chi connectivity index (χ0n) is 10.7. The number of fused-ring (bicyclic) bond motifs is 1. The predicted octanol–water partition coefficient (Wildman–Crippen LogP) is 1.62. The maximum Gasteiger partial charge on any atom is 0.253 e. The average molecular weight is 257 g/mol. The molecule has 1 aliphatic rings. The number of hydrogen-bond donors (Lipinski definition) is 1. The molecule has 3 rings (SSSR count). The fourth-order valence-corrected chi connectivity index (χ4v) is 2.25. The highest BCUT2D eigenvalue weighted by Gasteiger charge is 2.17. The van der Waals surface area contributed by atoms with E-state index in [2.05, 4.69) is 10.2 Å². The normalized spacial score (nSPS) is 12.9. The van der Waals surface area contributed by atoms with Gasteiger partial charge in [-0.3, -0.25) is 9.89 Å². The van der Waals surface area contributed by atoms with E-state index in [4.69, 9.17) is 4.74 Å². The molecule has 0 bridgehead atoms. The van der Waals surface area contributed by atoms with Gasteiger partial charge in [-0.05, 0) is 23.8 Å². The standard InChI is InChI=1S/C14H15N3O2/c1-17(9-10-7-15-16-8-10)14(18)12-2-3-13-11(6-12)4-5-19-13/h2-3,6-8H,4-5,9H2,1H3,(H,15,16). The predicted molar refractivity (Wildman–Crippen MR) is 70.0 cm³/mol. The van der Waals surface area contributed by atoms with Gasteiger partial charge < -0.3 is 9.64 Å². The van der Waals surface area contributed by atoms with Crippen LogP contribution in [0.4, 0.5) is 0 Å². The molecule has 1 aliphatic heterocycles. The molecule has 0 atom stereocenters. The third kappa shape index (κ3) is 2.31. The van der Waals surface area contributed by atoms with Gasteiger partial charge in [0.15, 0.2) is 0 Å². The summed E-state index contributed by atoms with van der Waals surface area (Å²) in [5.74, 6) is 0.907. The van der Waals surface area contributed by atoms with E-state index in [1.54, 1.807) is 24.3 Å². The topological polar surface area (TPSA) is 58.2 Å². The van der Waals surface area contributed by atoms with Gasteiger partial charge in [-0.2, -0.15) is 5.10 Å². The lowest BCUT2D eigenvalue weighted by Gasteiger charge is -2.16. The molecule has 5 heteroatoms. The molecular formula is C14H15N3O2. The van der Waals surface area contributed by atoms with Gasteiger partial charge >= 0.3 is 0 Å². The summed E-state index contributed by atoms with van der Waals surface area (Å²) in [4.78, 5) is 14.0. The number of benzene rings is 1. The molecule has 1 aromatic heterocycles. The Hall–Kier alpha value is -2.30. The summed E-state index contributed by atoms with van der Waals surface area (Å²) in [6.45, 7) is 1.25. The molecule has 0 aliphatic carbocycles. The van der Waals surface area contributed by atoms with Crippen molar-refractivity contribution in [1.29, 1.82) is 0 Å². The molecule has 0 saturated heterocycles. The van der Waals surface area contributed by atoms with E-state index in [9.17, 15) is 4.79 Å². The lowest BCUT2D eigenvalue weighted by Crippen LogP contribution is -2.26. The second kappa shape index (κ2) is 4.76. The fourth-order valence-electron chi connectivity index (χ4n) is 2.25.